The maximum absolute atomic E-state index is 13.9. The molecule has 0 spiro atoms. The molecule has 0 aromatic heterocycles. The van der Waals surface area contributed by atoms with Crippen molar-refractivity contribution in [3.05, 3.63) is 64.4 Å². The number of methoxy groups -OCH3 is 1. The third-order valence-electron chi connectivity index (χ3n) is 3.12. The standard InChI is InChI=1S/C15H16ClFN2O/c1-20-11-5-2-4-10(8-11)9-14(19-18)15-12(16)6-3-7-13(15)17/h2-8,14,19H,9,18H2,1H3. The summed E-state index contributed by atoms with van der Waals surface area (Å²) in [4.78, 5) is 0. The van der Waals surface area contributed by atoms with E-state index < -0.39 is 6.04 Å². The van der Waals surface area contributed by atoms with Gasteiger partial charge in [0.05, 0.1) is 13.2 Å². The highest BCUT2D eigenvalue weighted by Gasteiger charge is 2.18. The Bertz CT molecular complexity index is 572. The second-order valence-corrected chi connectivity index (χ2v) is 4.82. The first-order valence-electron chi connectivity index (χ1n) is 6.18. The molecule has 2 aromatic rings. The molecule has 1 atom stereocenters. The molecule has 0 saturated heterocycles. The van der Waals surface area contributed by atoms with Crippen molar-refractivity contribution in [3.63, 3.8) is 0 Å². The summed E-state index contributed by atoms with van der Waals surface area (Å²) in [6.45, 7) is 0. The number of nitrogens with two attached hydrogens (primary N) is 1. The van der Waals surface area contributed by atoms with Crippen molar-refractivity contribution in [2.24, 2.45) is 5.84 Å². The summed E-state index contributed by atoms with van der Waals surface area (Å²) in [6.07, 6.45) is 0.508. The van der Waals surface area contributed by atoms with Gasteiger partial charge in [-0.1, -0.05) is 29.8 Å². The normalized spacial score (nSPS) is 12.2. The summed E-state index contributed by atoms with van der Waals surface area (Å²) in [5.74, 6) is 5.93. The van der Waals surface area contributed by atoms with Crippen LogP contribution in [0.3, 0.4) is 0 Å². The number of halogens is 2. The van der Waals surface area contributed by atoms with Crippen LogP contribution in [-0.4, -0.2) is 7.11 Å². The van der Waals surface area contributed by atoms with Crippen molar-refractivity contribution < 1.29 is 9.13 Å². The first-order chi connectivity index (χ1) is 9.65. The summed E-state index contributed by atoms with van der Waals surface area (Å²) in [7, 11) is 1.60. The third-order valence-corrected chi connectivity index (χ3v) is 3.45. The predicted octanol–water partition coefficient (Wildman–Crippen LogP) is 3.23. The highest BCUT2D eigenvalue weighted by atomic mass is 35.5. The van der Waals surface area contributed by atoms with E-state index >= 15 is 0 Å². The van der Waals surface area contributed by atoms with E-state index in [0.29, 0.717) is 17.0 Å². The summed E-state index contributed by atoms with van der Waals surface area (Å²) in [5.41, 5.74) is 3.97. The Morgan fingerprint density at radius 1 is 1.30 bits per heavy atom. The Morgan fingerprint density at radius 2 is 2.05 bits per heavy atom. The molecule has 0 radical (unpaired) electrons. The minimum atomic E-state index is -0.407. The molecule has 0 amide bonds. The lowest BCUT2D eigenvalue weighted by molar-refractivity contribution is 0.413. The molecular formula is C15H16ClFN2O. The number of nitrogens with one attached hydrogen (secondary N) is 1. The van der Waals surface area contributed by atoms with E-state index in [9.17, 15) is 4.39 Å². The van der Waals surface area contributed by atoms with Crippen molar-refractivity contribution in [1.29, 1.82) is 0 Å². The quantitative estimate of drug-likeness (QED) is 0.657. The van der Waals surface area contributed by atoms with Gasteiger partial charge in [0.25, 0.3) is 0 Å². The van der Waals surface area contributed by atoms with Crippen LogP contribution in [0, 0.1) is 5.82 Å². The second kappa shape index (κ2) is 6.70. The maximum atomic E-state index is 13.9. The van der Waals surface area contributed by atoms with Crippen molar-refractivity contribution in [2.75, 3.05) is 7.11 Å². The molecule has 5 heteroatoms. The van der Waals surface area contributed by atoms with Crippen LogP contribution in [-0.2, 0) is 6.42 Å². The lowest BCUT2D eigenvalue weighted by atomic mass is 9.98. The first-order valence-corrected chi connectivity index (χ1v) is 6.56. The van der Waals surface area contributed by atoms with Gasteiger partial charge in [-0.2, -0.15) is 0 Å². The molecule has 2 rings (SSSR count). The molecule has 0 aliphatic rings. The fraction of sp³-hybridized carbons (Fsp3) is 0.200. The third kappa shape index (κ3) is 3.28. The zero-order valence-corrected chi connectivity index (χ0v) is 11.8. The van der Waals surface area contributed by atoms with Crippen LogP contribution >= 0.6 is 11.6 Å². The molecule has 20 heavy (non-hydrogen) atoms. The van der Waals surface area contributed by atoms with E-state index in [1.165, 1.54) is 6.07 Å². The van der Waals surface area contributed by atoms with Gasteiger partial charge in [-0.25, -0.2) is 4.39 Å². The molecule has 0 bridgehead atoms. The van der Waals surface area contributed by atoms with Gasteiger partial charge in [0.1, 0.15) is 11.6 Å². The zero-order valence-electron chi connectivity index (χ0n) is 11.1. The van der Waals surface area contributed by atoms with Gasteiger partial charge in [0, 0.05) is 10.6 Å². The van der Waals surface area contributed by atoms with Crippen molar-refractivity contribution in [1.82, 2.24) is 5.43 Å². The van der Waals surface area contributed by atoms with Gasteiger partial charge in [-0.15, -0.1) is 0 Å². The van der Waals surface area contributed by atoms with E-state index in [2.05, 4.69) is 5.43 Å². The summed E-state index contributed by atoms with van der Waals surface area (Å²) in [6, 6.07) is 11.7. The molecule has 3 nitrogen and oxygen atoms in total. The summed E-state index contributed by atoms with van der Waals surface area (Å²) < 4.78 is 19.1. The molecule has 106 valence electrons. The van der Waals surface area contributed by atoms with Crippen LogP contribution in [0.5, 0.6) is 5.75 Å². The van der Waals surface area contributed by atoms with Crippen LogP contribution in [0.1, 0.15) is 17.2 Å². The number of hydrogen-bond acceptors (Lipinski definition) is 3. The van der Waals surface area contributed by atoms with E-state index in [1.54, 1.807) is 19.2 Å². The number of hydrogen-bond donors (Lipinski definition) is 2. The largest absolute Gasteiger partial charge is 0.497 e. The highest BCUT2D eigenvalue weighted by molar-refractivity contribution is 6.31. The predicted molar refractivity (Wildman–Crippen MR) is 78.2 cm³/mol. The number of hydrazine groups is 1. The molecule has 0 heterocycles. The molecular weight excluding hydrogens is 279 g/mol. The fourth-order valence-corrected chi connectivity index (χ4v) is 2.42. The van der Waals surface area contributed by atoms with Gasteiger partial charge in [0.2, 0.25) is 0 Å². The topological polar surface area (TPSA) is 47.3 Å². The molecule has 2 aromatic carbocycles. The Morgan fingerprint density at radius 3 is 2.70 bits per heavy atom. The first kappa shape index (κ1) is 14.8. The molecule has 0 aliphatic carbocycles. The molecule has 0 fully saturated rings. The van der Waals surface area contributed by atoms with E-state index in [0.717, 1.165) is 11.3 Å². The van der Waals surface area contributed by atoms with Gasteiger partial charge < -0.3 is 4.74 Å². The monoisotopic (exact) mass is 294 g/mol. The van der Waals surface area contributed by atoms with Crippen LogP contribution in [0.2, 0.25) is 5.02 Å². The molecule has 3 N–H and O–H groups in total. The van der Waals surface area contributed by atoms with Crippen molar-refractivity contribution in [2.45, 2.75) is 12.5 Å². The number of rotatable bonds is 5. The smallest absolute Gasteiger partial charge is 0.129 e. The van der Waals surface area contributed by atoms with Crippen LogP contribution < -0.4 is 16.0 Å². The van der Waals surface area contributed by atoms with Crippen molar-refractivity contribution in [3.8, 4) is 5.75 Å². The Kier molecular flexibility index (Phi) is 4.95. The van der Waals surface area contributed by atoms with Gasteiger partial charge in [-0.05, 0) is 36.2 Å². The Balaban J connectivity index is 2.29. The lowest BCUT2D eigenvalue weighted by Crippen LogP contribution is -2.30. The minimum absolute atomic E-state index is 0.357. The maximum Gasteiger partial charge on any atom is 0.129 e. The highest BCUT2D eigenvalue weighted by Crippen LogP contribution is 2.28. The van der Waals surface area contributed by atoms with Gasteiger partial charge in [0.15, 0.2) is 0 Å². The fourth-order valence-electron chi connectivity index (χ4n) is 2.12. The summed E-state index contributed by atoms with van der Waals surface area (Å²) >= 11 is 6.07. The second-order valence-electron chi connectivity index (χ2n) is 4.41. The molecule has 0 aliphatic heterocycles. The average Bonchev–Trinajstić information content (AvgIpc) is 2.46. The van der Waals surface area contributed by atoms with E-state index in [-0.39, 0.29) is 5.82 Å². The van der Waals surface area contributed by atoms with E-state index in [4.69, 9.17) is 22.2 Å². The Labute approximate surface area is 122 Å². The average molecular weight is 295 g/mol. The molecule has 1 unspecified atom stereocenters. The Hall–Kier alpha value is -1.62. The SMILES string of the molecule is COc1cccc(CC(NN)c2c(F)cccc2Cl)c1. The zero-order chi connectivity index (χ0) is 14.5. The number of benzene rings is 2. The summed E-state index contributed by atoms with van der Waals surface area (Å²) in [5, 5.41) is 0.357. The van der Waals surface area contributed by atoms with Gasteiger partial charge >= 0.3 is 0 Å². The van der Waals surface area contributed by atoms with Crippen LogP contribution in [0.15, 0.2) is 42.5 Å². The number of ether oxygens (including phenoxy) is 1. The minimum Gasteiger partial charge on any atom is -0.497 e. The molecule has 0 saturated carbocycles. The van der Waals surface area contributed by atoms with Crippen molar-refractivity contribution >= 4 is 11.6 Å². The van der Waals surface area contributed by atoms with E-state index in [1.807, 2.05) is 24.3 Å². The van der Waals surface area contributed by atoms with Crippen LogP contribution in [0.25, 0.3) is 0 Å². The van der Waals surface area contributed by atoms with Gasteiger partial charge in [-0.3, -0.25) is 11.3 Å². The van der Waals surface area contributed by atoms with Crippen LogP contribution in [0.4, 0.5) is 4.39 Å². The lowest BCUT2D eigenvalue weighted by Gasteiger charge is -2.18.